The van der Waals surface area contributed by atoms with Crippen molar-refractivity contribution in [1.29, 1.82) is 0 Å². The molecule has 0 aliphatic heterocycles. The molecule has 2 aromatic carbocycles. The molecule has 7 nitrogen and oxygen atoms in total. The number of hydrogen-bond donors (Lipinski definition) is 3. The molecule has 1 unspecified atom stereocenters. The van der Waals surface area contributed by atoms with Crippen LogP contribution in [0.3, 0.4) is 0 Å². The summed E-state index contributed by atoms with van der Waals surface area (Å²) in [6, 6.07) is 8.55. The molecule has 1 atom stereocenters. The van der Waals surface area contributed by atoms with E-state index in [4.69, 9.17) is 9.84 Å². The lowest BCUT2D eigenvalue weighted by atomic mass is 10.0. The zero-order valence-corrected chi connectivity index (χ0v) is 24.4. The van der Waals surface area contributed by atoms with Crippen molar-refractivity contribution in [2.45, 2.75) is 96.8 Å². The number of phenolic OH excluding ortho intramolecular Hbond substituents is 1. The fourth-order valence-electron chi connectivity index (χ4n) is 4.69. The quantitative estimate of drug-likeness (QED) is 0.134. The monoisotopic (exact) mass is 561 g/mol. The minimum absolute atomic E-state index is 0.0365. The summed E-state index contributed by atoms with van der Waals surface area (Å²) in [7, 11) is -1.54. The summed E-state index contributed by atoms with van der Waals surface area (Å²) in [5.41, 5.74) is 0.126. The molecule has 0 radical (unpaired) electrons. The lowest BCUT2D eigenvalue weighted by Crippen LogP contribution is -2.24. The van der Waals surface area contributed by atoms with Crippen LogP contribution < -0.4 is 10.1 Å². The van der Waals surface area contributed by atoms with Gasteiger partial charge in [-0.1, -0.05) is 115 Å². The fourth-order valence-corrected chi connectivity index (χ4v) is 5.38. The Bertz CT molecular complexity index is 1040. The third kappa shape index (κ3) is 12.9. The van der Waals surface area contributed by atoms with Crippen molar-refractivity contribution < 1.29 is 28.7 Å². The average molecular weight is 562 g/mol. The van der Waals surface area contributed by atoms with Crippen LogP contribution in [0.25, 0.3) is 10.8 Å². The van der Waals surface area contributed by atoms with E-state index in [9.17, 15) is 18.9 Å². The van der Waals surface area contributed by atoms with Gasteiger partial charge in [-0.25, -0.2) is 0 Å². The van der Waals surface area contributed by atoms with E-state index in [0.717, 1.165) is 19.3 Å². The van der Waals surface area contributed by atoms with Gasteiger partial charge in [0.15, 0.2) is 0 Å². The fraction of sp³-hybridized carbons (Fsp3) is 0.613. The number of aliphatic carboxylic acids is 1. The summed E-state index contributed by atoms with van der Waals surface area (Å²) in [5, 5.41) is 23.5. The van der Waals surface area contributed by atoms with E-state index in [1.807, 2.05) is 0 Å². The number of ether oxygens (including phenoxy) is 1. The van der Waals surface area contributed by atoms with Crippen molar-refractivity contribution in [3.8, 4) is 11.5 Å². The normalized spacial score (nSPS) is 11.9. The summed E-state index contributed by atoms with van der Waals surface area (Å²) in [6.07, 6.45) is 17.8. The maximum Gasteiger partial charge on any atom is 0.316 e. The van der Waals surface area contributed by atoms with E-state index in [1.54, 1.807) is 24.3 Å². The molecule has 0 saturated heterocycles. The summed E-state index contributed by atoms with van der Waals surface area (Å²) in [6.45, 7) is 2.83. The van der Waals surface area contributed by atoms with Crippen molar-refractivity contribution >= 4 is 33.4 Å². The number of hydrogen-bond acceptors (Lipinski definition) is 5. The van der Waals surface area contributed by atoms with Crippen LogP contribution in [0.5, 0.6) is 11.5 Å². The van der Waals surface area contributed by atoms with E-state index in [1.165, 1.54) is 76.7 Å². The number of nitrogens with one attached hydrogen (secondary N) is 1. The van der Waals surface area contributed by atoms with Gasteiger partial charge in [0.25, 0.3) is 5.91 Å². The van der Waals surface area contributed by atoms with Crippen LogP contribution >= 0.6 is 0 Å². The number of carboxylic acid groups (broad SMARTS) is 1. The van der Waals surface area contributed by atoms with Gasteiger partial charge in [0.2, 0.25) is 0 Å². The molecule has 0 saturated carbocycles. The van der Waals surface area contributed by atoms with Gasteiger partial charge in [-0.2, -0.15) is 0 Å². The summed E-state index contributed by atoms with van der Waals surface area (Å²) < 4.78 is 17.6. The zero-order chi connectivity index (χ0) is 28.3. The van der Waals surface area contributed by atoms with Gasteiger partial charge in [0.1, 0.15) is 17.3 Å². The van der Waals surface area contributed by atoms with Crippen molar-refractivity contribution in [3.05, 3.63) is 35.9 Å². The summed E-state index contributed by atoms with van der Waals surface area (Å²) in [4.78, 5) is 23.6. The Hall–Kier alpha value is -2.61. The number of benzene rings is 2. The first-order chi connectivity index (χ1) is 18.9. The predicted molar refractivity (Wildman–Crippen MR) is 159 cm³/mol. The van der Waals surface area contributed by atoms with Crippen LogP contribution in [0.15, 0.2) is 30.3 Å². The molecule has 0 spiro atoms. The Morgan fingerprint density at radius 1 is 0.846 bits per heavy atom. The van der Waals surface area contributed by atoms with Crippen LogP contribution in [0.1, 0.15) is 107 Å². The van der Waals surface area contributed by atoms with Crippen LogP contribution in [0.2, 0.25) is 0 Å². The number of unbranched alkanes of at least 4 members (excludes halogenated alkanes) is 13. The van der Waals surface area contributed by atoms with Crippen LogP contribution in [0.4, 0.5) is 0 Å². The second kappa shape index (κ2) is 19.4. The van der Waals surface area contributed by atoms with E-state index in [2.05, 4.69) is 12.2 Å². The molecule has 0 heterocycles. The molecule has 1 amide bonds. The maximum absolute atomic E-state index is 12.9. The molecule has 0 aromatic heterocycles. The second-order valence-corrected chi connectivity index (χ2v) is 11.8. The average Bonchev–Trinajstić information content (AvgIpc) is 2.91. The lowest BCUT2D eigenvalue weighted by Gasteiger charge is -2.14. The maximum atomic E-state index is 12.9. The number of aromatic hydroxyl groups is 1. The van der Waals surface area contributed by atoms with Gasteiger partial charge in [-0.15, -0.1) is 0 Å². The number of carboxylic acids is 1. The van der Waals surface area contributed by atoms with Crippen molar-refractivity contribution in [2.24, 2.45) is 0 Å². The Kier molecular flexibility index (Phi) is 16.3. The molecule has 3 N–H and O–H groups in total. The van der Waals surface area contributed by atoms with Gasteiger partial charge in [0, 0.05) is 28.1 Å². The van der Waals surface area contributed by atoms with E-state index in [-0.39, 0.29) is 29.6 Å². The zero-order valence-electron chi connectivity index (χ0n) is 23.6. The second-order valence-electron chi connectivity index (χ2n) is 10.2. The molecule has 39 heavy (non-hydrogen) atoms. The number of rotatable bonds is 22. The van der Waals surface area contributed by atoms with E-state index >= 15 is 0 Å². The molecule has 0 aliphatic carbocycles. The molecule has 0 fully saturated rings. The SMILES string of the molecule is CCCCCCCCCCCCCCCCNC(=O)c1cc(OCCS(=O)CC(=O)O)c2ccccc2c1O. The van der Waals surface area contributed by atoms with Crippen LogP contribution in [0, 0.1) is 0 Å². The highest BCUT2D eigenvalue weighted by Gasteiger charge is 2.18. The minimum Gasteiger partial charge on any atom is -0.506 e. The van der Waals surface area contributed by atoms with Gasteiger partial charge in [-0.3, -0.25) is 13.8 Å². The number of amides is 1. The van der Waals surface area contributed by atoms with Crippen molar-refractivity contribution in [2.75, 3.05) is 24.7 Å². The standard InChI is InChI=1S/C31H47NO6S/c1-2-3-4-5-6-7-8-9-10-11-12-13-14-17-20-32-31(36)27-23-28(38-21-22-39(37)24-29(33)34)25-18-15-16-19-26(25)30(27)35/h15-16,18-19,23,35H,2-14,17,20-22,24H2,1H3,(H,32,36)(H,33,34). The first kappa shape index (κ1) is 32.6. The van der Waals surface area contributed by atoms with Crippen LogP contribution in [-0.4, -0.2) is 51.0 Å². The van der Waals surface area contributed by atoms with Gasteiger partial charge in [0.05, 0.1) is 17.9 Å². The summed E-state index contributed by atoms with van der Waals surface area (Å²) >= 11 is 0. The molecule has 2 aromatic rings. The third-order valence-corrected chi connectivity index (χ3v) is 8.08. The Morgan fingerprint density at radius 3 is 1.95 bits per heavy atom. The topological polar surface area (TPSA) is 113 Å². The van der Waals surface area contributed by atoms with Crippen molar-refractivity contribution in [3.63, 3.8) is 0 Å². The Morgan fingerprint density at radius 2 is 1.38 bits per heavy atom. The molecule has 0 aliphatic rings. The predicted octanol–water partition coefficient (Wildman–Crippen LogP) is 6.97. The molecule has 8 heteroatoms. The van der Waals surface area contributed by atoms with Gasteiger partial charge >= 0.3 is 5.97 Å². The number of carbonyl (C=O) groups is 2. The highest BCUT2D eigenvalue weighted by Crippen LogP contribution is 2.36. The highest BCUT2D eigenvalue weighted by molar-refractivity contribution is 7.85. The Labute approximate surface area is 236 Å². The van der Waals surface area contributed by atoms with Gasteiger partial charge < -0.3 is 20.3 Å². The lowest BCUT2D eigenvalue weighted by molar-refractivity contribution is -0.133. The smallest absolute Gasteiger partial charge is 0.316 e. The summed E-state index contributed by atoms with van der Waals surface area (Å²) in [5.74, 6) is -1.59. The number of fused-ring (bicyclic) bond motifs is 1. The van der Waals surface area contributed by atoms with Crippen LogP contribution in [-0.2, 0) is 15.6 Å². The largest absolute Gasteiger partial charge is 0.506 e. The minimum atomic E-state index is -1.54. The molecular formula is C31H47NO6S. The Balaban J connectivity index is 1.70. The number of phenols is 1. The van der Waals surface area contributed by atoms with Gasteiger partial charge in [-0.05, 0) is 12.5 Å². The van der Waals surface area contributed by atoms with Crippen molar-refractivity contribution in [1.82, 2.24) is 5.32 Å². The van der Waals surface area contributed by atoms with E-state index in [0.29, 0.717) is 23.1 Å². The highest BCUT2D eigenvalue weighted by atomic mass is 32.2. The molecule has 0 bridgehead atoms. The number of carbonyl (C=O) groups excluding carboxylic acids is 1. The molecular weight excluding hydrogens is 514 g/mol. The third-order valence-electron chi connectivity index (χ3n) is 6.89. The molecule has 2 rings (SSSR count). The first-order valence-corrected chi connectivity index (χ1v) is 16.1. The first-order valence-electron chi connectivity index (χ1n) is 14.7. The molecule has 218 valence electrons. The van der Waals surface area contributed by atoms with E-state index < -0.39 is 22.5 Å².